The number of hydrogen-bond donors (Lipinski definition) is 1. The van der Waals surface area contributed by atoms with Crippen LogP contribution in [0, 0.1) is 0 Å². The fourth-order valence-corrected chi connectivity index (χ4v) is 2.46. The minimum atomic E-state index is -0.335. The van der Waals surface area contributed by atoms with Crippen LogP contribution >= 0.6 is 11.6 Å². The Labute approximate surface area is 116 Å². The third-order valence-corrected chi connectivity index (χ3v) is 3.30. The first-order valence-electron chi connectivity index (χ1n) is 6.33. The van der Waals surface area contributed by atoms with E-state index >= 15 is 0 Å². The molecule has 7 heteroatoms. The molecule has 0 saturated heterocycles. The molecular weight excluding hydrogens is 266 g/mol. The molecule has 0 bridgehead atoms. The number of nitrogens with zero attached hydrogens (tertiary/aromatic N) is 4. The minimum Gasteiger partial charge on any atom is -0.370 e. The highest BCUT2D eigenvalue weighted by Gasteiger charge is 2.18. The van der Waals surface area contributed by atoms with Gasteiger partial charge in [-0.05, 0) is 6.42 Å². The lowest BCUT2D eigenvalue weighted by atomic mass is 10.2. The molecule has 2 aromatic heterocycles. The van der Waals surface area contributed by atoms with Crippen LogP contribution in [0.4, 0.5) is 0 Å². The summed E-state index contributed by atoms with van der Waals surface area (Å²) in [5.41, 5.74) is 7.97. The number of halogens is 1. The zero-order valence-corrected chi connectivity index (χ0v) is 11.9. The highest BCUT2D eigenvalue weighted by Crippen LogP contribution is 2.22. The summed E-state index contributed by atoms with van der Waals surface area (Å²) in [7, 11) is 1.88. The zero-order valence-electron chi connectivity index (χ0n) is 11.2. The summed E-state index contributed by atoms with van der Waals surface area (Å²) < 4.78 is 3.73. The van der Waals surface area contributed by atoms with Crippen molar-refractivity contribution in [1.82, 2.24) is 19.3 Å². The van der Waals surface area contributed by atoms with E-state index in [1.54, 1.807) is 4.68 Å². The molecule has 2 N–H and O–H groups in total. The number of imidazole rings is 1. The number of amides is 1. The number of alkyl halides is 1. The van der Waals surface area contributed by atoms with Crippen molar-refractivity contribution in [2.75, 3.05) is 0 Å². The molecule has 0 atom stereocenters. The standard InChI is InChI=1S/C12H18ClN5O/c1-3-4-8-11-12(17(2)16-8)18(6-5-9(14)19)10(7-13)15-11/h3-7H2,1-2H3,(H2,14,19). The molecule has 0 aliphatic heterocycles. The highest BCUT2D eigenvalue weighted by molar-refractivity contribution is 6.16. The summed E-state index contributed by atoms with van der Waals surface area (Å²) in [5, 5.41) is 4.48. The predicted molar refractivity (Wildman–Crippen MR) is 73.9 cm³/mol. The Kier molecular flexibility index (Phi) is 4.09. The maximum atomic E-state index is 11.0. The molecule has 2 aromatic rings. The maximum absolute atomic E-state index is 11.0. The van der Waals surface area contributed by atoms with E-state index < -0.39 is 0 Å². The van der Waals surface area contributed by atoms with E-state index in [9.17, 15) is 4.79 Å². The summed E-state index contributed by atoms with van der Waals surface area (Å²) in [4.78, 5) is 15.5. The van der Waals surface area contributed by atoms with E-state index in [2.05, 4.69) is 17.0 Å². The van der Waals surface area contributed by atoms with Crippen molar-refractivity contribution in [3.05, 3.63) is 11.5 Å². The third-order valence-electron chi connectivity index (χ3n) is 3.06. The van der Waals surface area contributed by atoms with Gasteiger partial charge in [0.15, 0.2) is 5.65 Å². The van der Waals surface area contributed by atoms with Crippen LogP contribution in [0.25, 0.3) is 11.2 Å². The normalized spacial score (nSPS) is 11.3. The Morgan fingerprint density at radius 1 is 1.47 bits per heavy atom. The Bertz CT molecular complexity index is 601. The average molecular weight is 284 g/mol. The van der Waals surface area contributed by atoms with Gasteiger partial charge in [0.05, 0.1) is 11.6 Å². The van der Waals surface area contributed by atoms with E-state index in [1.165, 1.54) is 0 Å². The van der Waals surface area contributed by atoms with Crippen LogP contribution in [-0.4, -0.2) is 25.2 Å². The van der Waals surface area contributed by atoms with Crippen LogP contribution in [0.1, 0.15) is 31.3 Å². The van der Waals surface area contributed by atoms with Gasteiger partial charge in [-0.2, -0.15) is 5.10 Å². The molecule has 2 heterocycles. The first kappa shape index (κ1) is 13.9. The second-order valence-corrected chi connectivity index (χ2v) is 4.79. The molecule has 0 fully saturated rings. The largest absolute Gasteiger partial charge is 0.370 e. The number of aromatic nitrogens is 4. The molecule has 0 aromatic carbocycles. The first-order valence-corrected chi connectivity index (χ1v) is 6.87. The number of carbonyl (C=O) groups excluding carboxylic acids is 1. The maximum Gasteiger partial charge on any atom is 0.219 e. The molecule has 19 heavy (non-hydrogen) atoms. The van der Waals surface area contributed by atoms with Gasteiger partial charge < -0.3 is 10.3 Å². The fourth-order valence-electron chi connectivity index (χ4n) is 2.25. The van der Waals surface area contributed by atoms with Crippen LogP contribution < -0.4 is 5.73 Å². The lowest BCUT2D eigenvalue weighted by molar-refractivity contribution is -0.118. The molecule has 0 aliphatic rings. The topological polar surface area (TPSA) is 78.7 Å². The number of aryl methyl sites for hydroxylation is 3. The SMILES string of the molecule is CCCc1nn(C)c2c1nc(CCl)n2CCC(N)=O. The summed E-state index contributed by atoms with van der Waals surface area (Å²) in [5.74, 6) is 0.723. The fraction of sp³-hybridized carbons (Fsp3) is 0.583. The number of rotatable bonds is 6. The number of carbonyl (C=O) groups is 1. The second-order valence-electron chi connectivity index (χ2n) is 4.52. The van der Waals surface area contributed by atoms with E-state index in [4.69, 9.17) is 17.3 Å². The Morgan fingerprint density at radius 2 is 2.21 bits per heavy atom. The third kappa shape index (κ3) is 2.58. The molecule has 2 rings (SSSR count). The van der Waals surface area contributed by atoms with Gasteiger partial charge in [0, 0.05) is 20.0 Å². The van der Waals surface area contributed by atoms with Crippen molar-refractivity contribution in [1.29, 1.82) is 0 Å². The van der Waals surface area contributed by atoms with Crippen molar-refractivity contribution in [2.45, 2.75) is 38.6 Å². The van der Waals surface area contributed by atoms with Crippen molar-refractivity contribution in [2.24, 2.45) is 12.8 Å². The molecule has 6 nitrogen and oxygen atoms in total. The lowest BCUT2D eigenvalue weighted by Gasteiger charge is -2.06. The average Bonchev–Trinajstić information content (AvgIpc) is 2.86. The summed E-state index contributed by atoms with van der Waals surface area (Å²) >= 11 is 5.93. The van der Waals surface area contributed by atoms with E-state index in [-0.39, 0.29) is 12.3 Å². The Morgan fingerprint density at radius 3 is 2.79 bits per heavy atom. The molecule has 0 aliphatic carbocycles. The highest BCUT2D eigenvalue weighted by atomic mass is 35.5. The number of fused-ring (bicyclic) bond motifs is 1. The van der Waals surface area contributed by atoms with Crippen molar-refractivity contribution in [3.8, 4) is 0 Å². The molecule has 0 radical (unpaired) electrons. The molecular formula is C12H18ClN5O. The van der Waals surface area contributed by atoms with E-state index in [1.807, 2.05) is 11.6 Å². The summed E-state index contributed by atoms with van der Waals surface area (Å²) in [6.45, 7) is 2.59. The van der Waals surface area contributed by atoms with Gasteiger partial charge >= 0.3 is 0 Å². The van der Waals surface area contributed by atoms with Crippen LogP contribution in [0.5, 0.6) is 0 Å². The number of primary amides is 1. The van der Waals surface area contributed by atoms with E-state index in [0.717, 1.165) is 35.5 Å². The van der Waals surface area contributed by atoms with Gasteiger partial charge in [0.2, 0.25) is 5.91 Å². The molecule has 1 amide bonds. The van der Waals surface area contributed by atoms with Crippen LogP contribution in [0.3, 0.4) is 0 Å². The van der Waals surface area contributed by atoms with Gasteiger partial charge in [-0.25, -0.2) is 4.98 Å². The summed E-state index contributed by atoms with van der Waals surface area (Å²) in [6, 6.07) is 0. The van der Waals surface area contributed by atoms with Gasteiger partial charge in [-0.15, -0.1) is 11.6 Å². The minimum absolute atomic E-state index is 0.267. The molecule has 0 spiro atoms. The van der Waals surface area contributed by atoms with Crippen LogP contribution in [0.2, 0.25) is 0 Å². The Hall–Kier alpha value is -1.56. The second kappa shape index (κ2) is 5.61. The van der Waals surface area contributed by atoms with Crippen molar-refractivity contribution < 1.29 is 4.79 Å². The molecule has 0 unspecified atom stereocenters. The van der Waals surface area contributed by atoms with Gasteiger partial charge in [-0.1, -0.05) is 13.3 Å². The smallest absolute Gasteiger partial charge is 0.219 e. The number of hydrogen-bond acceptors (Lipinski definition) is 3. The summed E-state index contributed by atoms with van der Waals surface area (Å²) in [6.07, 6.45) is 2.16. The van der Waals surface area contributed by atoms with Gasteiger partial charge in [0.1, 0.15) is 11.3 Å². The monoisotopic (exact) mass is 283 g/mol. The van der Waals surface area contributed by atoms with Crippen molar-refractivity contribution in [3.63, 3.8) is 0 Å². The number of nitrogens with two attached hydrogens (primary N) is 1. The van der Waals surface area contributed by atoms with Gasteiger partial charge in [-0.3, -0.25) is 9.48 Å². The van der Waals surface area contributed by atoms with Crippen molar-refractivity contribution >= 4 is 28.7 Å². The molecule has 0 saturated carbocycles. The van der Waals surface area contributed by atoms with Crippen LogP contribution in [-0.2, 0) is 30.7 Å². The van der Waals surface area contributed by atoms with Crippen LogP contribution in [0.15, 0.2) is 0 Å². The lowest BCUT2D eigenvalue weighted by Crippen LogP contribution is -2.15. The predicted octanol–water partition coefficient (Wildman–Crippen LogP) is 1.34. The van der Waals surface area contributed by atoms with Gasteiger partial charge in [0.25, 0.3) is 0 Å². The van der Waals surface area contributed by atoms with E-state index in [0.29, 0.717) is 12.4 Å². The quantitative estimate of drug-likeness (QED) is 0.813. The zero-order chi connectivity index (χ0) is 14.0. The first-order chi connectivity index (χ1) is 9.08. The molecule has 104 valence electrons. The Balaban J connectivity index is 2.50.